The molecule has 8 nitrogen and oxygen atoms in total. The summed E-state index contributed by atoms with van der Waals surface area (Å²) in [5.74, 6) is -2.61. The lowest BCUT2D eigenvalue weighted by atomic mass is 9.72. The number of allylic oxidation sites excluding steroid dienone is 1. The average Bonchev–Trinajstić information content (AvgIpc) is 2.64. The summed E-state index contributed by atoms with van der Waals surface area (Å²) in [4.78, 5) is 35.9. The van der Waals surface area contributed by atoms with Crippen LogP contribution in [0.4, 0.5) is 0 Å². The molecule has 2 rings (SSSR count). The van der Waals surface area contributed by atoms with Crippen molar-refractivity contribution in [2.45, 2.75) is 13.8 Å². The maximum Gasteiger partial charge on any atom is 0.269 e. The lowest BCUT2D eigenvalue weighted by Gasteiger charge is -2.34. The van der Waals surface area contributed by atoms with Crippen molar-refractivity contribution in [1.29, 1.82) is 10.5 Å². The minimum absolute atomic E-state index is 0.136. The molecule has 1 aliphatic heterocycles. The average molecular weight is 383 g/mol. The van der Waals surface area contributed by atoms with Crippen LogP contribution in [0.3, 0.4) is 0 Å². The van der Waals surface area contributed by atoms with Gasteiger partial charge in [0.15, 0.2) is 0 Å². The molecular formula is C18H17N5O3S. The zero-order valence-corrected chi connectivity index (χ0v) is 15.5. The second-order valence-corrected chi connectivity index (χ2v) is 7.23. The molecule has 0 unspecified atom stereocenters. The van der Waals surface area contributed by atoms with Crippen LogP contribution in [0.25, 0.3) is 0 Å². The Labute approximate surface area is 160 Å². The molecule has 138 valence electrons. The Morgan fingerprint density at radius 2 is 1.89 bits per heavy atom. The topological polar surface area (TPSA) is 135 Å². The number of amides is 3. The zero-order valence-electron chi connectivity index (χ0n) is 14.7. The summed E-state index contributed by atoms with van der Waals surface area (Å²) in [6.45, 7) is 3.28. The Hall–Kier alpha value is -3.30. The minimum Gasteiger partial charge on any atom is -0.319 e. The molecule has 0 spiro atoms. The minimum atomic E-state index is -0.990. The van der Waals surface area contributed by atoms with Gasteiger partial charge < -0.3 is 5.32 Å². The van der Waals surface area contributed by atoms with Gasteiger partial charge in [-0.2, -0.15) is 10.5 Å². The standard InChI is InChI=1S/C18H17N5O3S/c1-18(2)12(8-19)16(26)21-17(13(18)9-20)27-10-14(24)22-23-15(25)11-6-4-3-5-7-11/h3-7,12H,10H2,1-2H3,(H,21,26)(H,22,24)(H,23,25)/t12-/m1/s1. The first-order valence-electron chi connectivity index (χ1n) is 7.93. The number of nitrogens with zero attached hydrogens (tertiary/aromatic N) is 2. The Morgan fingerprint density at radius 1 is 1.22 bits per heavy atom. The van der Waals surface area contributed by atoms with Crippen LogP contribution in [0, 0.1) is 34.0 Å². The van der Waals surface area contributed by atoms with Crippen molar-refractivity contribution in [2.75, 3.05) is 5.75 Å². The van der Waals surface area contributed by atoms with E-state index in [1.54, 1.807) is 44.2 Å². The molecule has 1 heterocycles. The Bertz CT molecular complexity index is 880. The van der Waals surface area contributed by atoms with Gasteiger partial charge in [0, 0.05) is 11.0 Å². The summed E-state index contributed by atoms with van der Waals surface area (Å²) in [7, 11) is 0. The third-order valence-corrected chi connectivity index (χ3v) is 5.03. The summed E-state index contributed by atoms with van der Waals surface area (Å²) in [5.41, 5.74) is 4.23. The molecule has 0 fully saturated rings. The van der Waals surface area contributed by atoms with Crippen molar-refractivity contribution < 1.29 is 14.4 Å². The van der Waals surface area contributed by atoms with E-state index in [4.69, 9.17) is 0 Å². The van der Waals surface area contributed by atoms with Gasteiger partial charge in [0.25, 0.3) is 5.91 Å². The molecule has 0 saturated heterocycles. The number of hydrogen-bond acceptors (Lipinski definition) is 6. The van der Waals surface area contributed by atoms with E-state index in [9.17, 15) is 24.9 Å². The molecule has 3 N–H and O–H groups in total. The largest absolute Gasteiger partial charge is 0.319 e. The molecule has 1 aromatic carbocycles. The predicted molar refractivity (Wildman–Crippen MR) is 98.2 cm³/mol. The lowest BCUT2D eigenvalue weighted by molar-refractivity contribution is -0.125. The molecule has 0 aliphatic carbocycles. The number of carbonyl (C=O) groups is 3. The van der Waals surface area contributed by atoms with Gasteiger partial charge in [-0.05, 0) is 12.1 Å². The molecule has 0 saturated carbocycles. The quantitative estimate of drug-likeness (QED) is 0.669. The molecule has 3 amide bonds. The third-order valence-electron chi connectivity index (χ3n) is 4.03. The van der Waals surface area contributed by atoms with Gasteiger partial charge in [-0.15, -0.1) is 0 Å². The van der Waals surface area contributed by atoms with Crippen LogP contribution in [0.2, 0.25) is 0 Å². The van der Waals surface area contributed by atoms with Gasteiger partial charge >= 0.3 is 0 Å². The van der Waals surface area contributed by atoms with E-state index in [0.717, 1.165) is 11.8 Å². The van der Waals surface area contributed by atoms with Crippen molar-refractivity contribution >= 4 is 29.5 Å². The molecule has 1 aromatic rings. The normalized spacial score (nSPS) is 17.9. The Kier molecular flexibility index (Phi) is 6.22. The number of carbonyl (C=O) groups excluding carboxylic acids is 3. The van der Waals surface area contributed by atoms with Crippen LogP contribution in [0.5, 0.6) is 0 Å². The SMILES string of the molecule is CC1(C)C(C#N)=C(SCC(=O)NNC(=O)c2ccccc2)NC(=O)[C@H]1C#N. The molecule has 0 bridgehead atoms. The first-order valence-corrected chi connectivity index (χ1v) is 8.92. The second-order valence-electron chi connectivity index (χ2n) is 6.25. The molecular weight excluding hydrogens is 366 g/mol. The zero-order chi connectivity index (χ0) is 20.0. The van der Waals surface area contributed by atoms with Crippen LogP contribution >= 0.6 is 11.8 Å². The second kappa shape index (κ2) is 8.39. The number of rotatable bonds is 4. The van der Waals surface area contributed by atoms with Crippen LogP contribution in [-0.2, 0) is 9.59 Å². The van der Waals surface area contributed by atoms with Crippen molar-refractivity contribution in [1.82, 2.24) is 16.2 Å². The first-order chi connectivity index (χ1) is 12.8. The highest BCUT2D eigenvalue weighted by Crippen LogP contribution is 2.41. The fourth-order valence-corrected chi connectivity index (χ4v) is 3.47. The molecule has 0 radical (unpaired) electrons. The highest BCUT2D eigenvalue weighted by Gasteiger charge is 2.44. The predicted octanol–water partition coefficient (Wildman–Crippen LogP) is 1.21. The number of thioether (sulfide) groups is 1. The van der Waals surface area contributed by atoms with Gasteiger partial charge in [0.2, 0.25) is 11.8 Å². The molecule has 0 aromatic heterocycles. The lowest BCUT2D eigenvalue weighted by Crippen LogP contribution is -2.45. The van der Waals surface area contributed by atoms with Crippen LogP contribution in [0.15, 0.2) is 40.9 Å². The van der Waals surface area contributed by atoms with Crippen LogP contribution < -0.4 is 16.2 Å². The van der Waals surface area contributed by atoms with Gasteiger partial charge in [-0.3, -0.25) is 25.2 Å². The van der Waals surface area contributed by atoms with Gasteiger partial charge in [0.05, 0.1) is 28.5 Å². The van der Waals surface area contributed by atoms with Crippen molar-refractivity contribution in [3.05, 3.63) is 46.5 Å². The highest BCUT2D eigenvalue weighted by atomic mass is 32.2. The smallest absolute Gasteiger partial charge is 0.269 e. The van der Waals surface area contributed by atoms with E-state index >= 15 is 0 Å². The summed E-state index contributed by atoms with van der Waals surface area (Å²) < 4.78 is 0. The number of nitrogens with one attached hydrogen (secondary N) is 3. The maximum absolute atomic E-state index is 12.1. The van der Waals surface area contributed by atoms with E-state index in [-0.39, 0.29) is 16.4 Å². The van der Waals surface area contributed by atoms with E-state index in [1.807, 2.05) is 12.1 Å². The fraction of sp³-hybridized carbons (Fsp3) is 0.278. The fourth-order valence-electron chi connectivity index (χ4n) is 2.50. The van der Waals surface area contributed by atoms with E-state index in [1.165, 1.54) is 0 Å². The number of nitriles is 2. The Morgan fingerprint density at radius 3 is 2.48 bits per heavy atom. The summed E-state index contributed by atoms with van der Waals surface area (Å²) >= 11 is 0.957. The van der Waals surface area contributed by atoms with Crippen molar-refractivity contribution in [3.63, 3.8) is 0 Å². The maximum atomic E-state index is 12.1. The van der Waals surface area contributed by atoms with Crippen LogP contribution in [-0.4, -0.2) is 23.5 Å². The summed E-state index contributed by atoms with van der Waals surface area (Å²) in [6.07, 6.45) is 0. The molecule has 1 atom stereocenters. The van der Waals surface area contributed by atoms with Crippen LogP contribution in [0.1, 0.15) is 24.2 Å². The number of hydrogen-bond donors (Lipinski definition) is 3. The van der Waals surface area contributed by atoms with Gasteiger partial charge in [-0.25, -0.2) is 0 Å². The highest BCUT2D eigenvalue weighted by molar-refractivity contribution is 8.03. The monoisotopic (exact) mass is 383 g/mol. The third kappa shape index (κ3) is 4.46. The van der Waals surface area contributed by atoms with Gasteiger partial charge in [0.1, 0.15) is 5.92 Å². The van der Waals surface area contributed by atoms with E-state index < -0.39 is 29.1 Å². The molecule has 9 heteroatoms. The molecule has 1 aliphatic rings. The molecule has 27 heavy (non-hydrogen) atoms. The van der Waals surface area contributed by atoms with Crippen molar-refractivity contribution in [3.8, 4) is 12.1 Å². The van der Waals surface area contributed by atoms with E-state index in [2.05, 4.69) is 16.2 Å². The van der Waals surface area contributed by atoms with E-state index in [0.29, 0.717) is 5.56 Å². The number of hydrazine groups is 1. The first kappa shape index (κ1) is 20.0. The summed E-state index contributed by atoms with van der Waals surface area (Å²) in [5, 5.41) is 21.4. The van der Waals surface area contributed by atoms with Gasteiger partial charge in [-0.1, -0.05) is 43.8 Å². The summed E-state index contributed by atoms with van der Waals surface area (Å²) in [6, 6.07) is 12.3. The number of benzene rings is 1. The van der Waals surface area contributed by atoms with Crippen molar-refractivity contribution in [2.24, 2.45) is 11.3 Å². The Balaban J connectivity index is 1.99.